The quantitative estimate of drug-likeness (QED) is 0.407. The molecule has 9 heteroatoms. The van der Waals surface area contributed by atoms with Gasteiger partial charge < -0.3 is 15.4 Å². The lowest BCUT2D eigenvalue weighted by molar-refractivity contribution is 0.187. The second-order valence-corrected chi connectivity index (χ2v) is 9.91. The Morgan fingerprint density at radius 1 is 1.22 bits per heavy atom. The number of nitrogens with zero attached hydrogens (tertiary/aromatic N) is 4. The number of aryl methyl sites for hydroxylation is 1. The van der Waals surface area contributed by atoms with Gasteiger partial charge in [0.1, 0.15) is 11.1 Å². The molecule has 1 aromatic carbocycles. The molecule has 9 nitrogen and oxygen atoms in total. The Balaban J connectivity index is 1.26. The van der Waals surface area contributed by atoms with Crippen molar-refractivity contribution in [2.75, 3.05) is 25.1 Å². The van der Waals surface area contributed by atoms with Crippen molar-refractivity contribution >= 4 is 22.6 Å². The van der Waals surface area contributed by atoms with E-state index in [-0.39, 0.29) is 17.0 Å². The number of rotatable bonds is 4. The van der Waals surface area contributed by atoms with Crippen LogP contribution in [0.4, 0.5) is 5.95 Å². The van der Waals surface area contributed by atoms with Crippen LogP contribution < -0.4 is 20.9 Å². The highest BCUT2D eigenvalue weighted by atomic mass is 16.5. The van der Waals surface area contributed by atoms with E-state index in [1.165, 1.54) is 11.1 Å². The largest absolute Gasteiger partial charge is 0.481 e. The van der Waals surface area contributed by atoms with E-state index < -0.39 is 0 Å². The van der Waals surface area contributed by atoms with Crippen LogP contribution in [0.2, 0.25) is 0 Å². The Hall–Kier alpha value is -3.98. The van der Waals surface area contributed by atoms with Crippen molar-refractivity contribution < 1.29 is 4.74 Å². The van der Waals surface area contributed by atoms with Gasteiger partial charge in [0.05, 0.1) is 7.11 Å². The van der Waals surface area contributed by atoms with Gasteiger partial charge in [-0.1, -0.05) is 30.8 Å². The number of fused-ring (bicyclic) bond motifs is 2. The predicted molar refractivity (Wildman–Crippen MR) is 139 cm³/mol. The summed E-state index contributed by atoms with van der Waals surface area (Å²) in [6.07, 6.45) is 2.89. The summed E-state index contributed by atoms with van der Waals surface area (Å²) >= 11 is 0. The number of aromatic amines is 2. The zero-order valence-electron chi connectivity index (χ0n) is 20.5. The first-order valence-electron chi connectivity index (χ1n) is 12.2. The molecule has 1 aliphatic carbocycles. The van der Waals surface area contributed by atoms with Crippen LogP contribution in [0.15, 0.2) is 47.8 Å². The Kier molecular flexibility index (Phi) is 5.19. The van der Waals surface area contributed by atoms with Gasteiger partial charge in [-0.2, -0.15) is 10.1 Å². The average Bonchev–Trinajstić information content (AvgIpc) is 3.43. The lowest BCUT2D eigenvalue weighted by atomic mass is 9.73. The number of benzene rings is 1. The fourth-order valence-corrected chi connectivity index (χ4v) is 5.82. The first kappa shape index (κ1) is 22.5. The Labute approximate surface area is 208 Å². The molecule has 2 aliphatic rings. The van der Waals surface area contributed by atoms with Gasteiger partial charge in [0, 0.05) is 36.5 Å². The van der Waals surface area contributed by atoms with Crippen LogP contribution >= 0.6 is 0 Å². The van der Waals surface area contributed by atoms with Gasteiger partial charge in [0.15, 0.2) is 5.65 Å². The molecule has 4 heterocycles. The van der Waals surface area contributed by atoms with E-state index in [1.54, 1.807) is 13.2 Å². The van der Waals surface area contributed by atoms with E-state index in [0.29, 0.717) is 34.1 Å². The summed E-state index contributed by atoms with van der Waals surface area (Å²) in [6.45, 7) is 7.62. The van der Waals surface area contributed by atoms with Crippen LogP contribution in [0.3, 0.4) is 0 Å². The molecule has 0 unspecified atom stereocenters. The van der Waals surface area contributed by atoms with Gasteiger partial charge >= 0.3 is 0 Å². The SMILES string of the molecule is C=C(c1cc(C)nc(OC)c1)c1n[nH]c2nc(N3CCC4(CC3)Cc3ccccc3[C@H]4N)[nH]c(=O)c12. The van der Waals surface area contributed by atoms with E-state index in [4.69, 9.17) is 15.5 Å². The number of anilines is 1. The molecule has 0 bridgehead atoms. The van der Waals surface area contributed by atoms with Crippen molar-refractivity contribution in [3.05, 3.63) is 81.4 Å². The monoisotopic (exact) mass is 483 g/mol. The number of H-pyrrole nitrogens is 2. The number of piperidine rings is 1. The molecule has 1 fully saturated rings. The van der Waals surface area contributed by atoms with Gasteiger partial charge in [0.2, 0.25) is 11.8 Å². The summed E-state index contributed by atoms with van der Waals surface area (Å²) in [5.74, 6) is 1.03. The van der Waals surface area contributed by atoms with Crippen LogP contribution in [0.5, 0.6) is 5.88 Å². The van der Waals surface area contributed by atoms with Crippen LogP contribution in [-0.4, -0.2) is 45.3 Å². The third-order valence-electron chi connectivity index (χ3n) is 7.84. The normalized spacial score (nSPS) is 18.5. The molecule has 1 saturated heterocycles. The third kappa shape index (κ3) is 3.50. The molecule has 1 atom stereocenters. The number of hydrogen-bond donors (Lipinski definition) is 3. The molecule has 1 aliphatic heterocycles. The molecular formula is C27H29N7O2. The number of hydrogen-bond acceptors (Lipinski definition) is 7. The fourth-order valence-electron chi connectivity index (χ4n) is 5.82. The highest BCUT2D eigenvalue weighted by Gasteiger charge is 2.46. The van der Waals surface area contributed by atoms with Gasteiger partial charge in [0.25, 0.3) is 5.56 Å². The van der Waals surface area contributed by atoms with Crippen LogP contribution in [-0.2, 0) is 6.42 Å². The first-order chi connectivity index (χ1) is 17.4. The smallest absolute Gasteiger partial charge is 0.264 e. The van der Waals surface area contributed by atoms with Crippen molar-refractivity contribution in [2.24, 2.45) is 11.1 Å². The lowest BCUT2D eigenvalue weighted by Crippen LogP contribution is -2.45. The van der Waals surface area contributed by atoms with Crippen molar-refractivity contribution in [2.45, 2.75) is 32.2 Å². The van der Waals surface area contributed by atoms with Crippen molar-refractivity contribution in [3.63, 3.8) is 0 Å². The Bertz CT molecular complexity index is 1550. The van der Waals surface area contributed by atoms with E-state index in [1.807, 2.05) is 13.0 Å². The van der Waals surface area contributed by atoms with Gasteiger partial charge in [-0.25, -0.2) is 4.98 Å². The second-order valence-electron chi connectivity index (χ2n) is 9.91. The molecule has 0 saturated carbocycles. The highest BCUT2D eigenvalue weighted by Crippen LogP contribution is 2.50. The highest BCUT2D eigenvalue weighted by molar-refractivity contribution is 5.92. The minimum absolute atomic E-state index is 0.0435. The molecule has 1 spiro atoms. The van der Waals surface area contributed by atoms with Gasteiger partial charge in [-0.15, -0.1) is 0 Å². The first-order valence-corrected chi connectivity index (χ1v) is 12.2. The number of nitrogens with one attached hydrogen (secondary N) is 2. The summed E-state index contributed by atoms with van der Waals surface area (Å²) in [4.78, 5) is 27.4. The zero-order valence-corrected chi connectivity index (χ0v) is 20.5. The maximum atomic E-state index is 13.2. The molecule has 0 radical (unpaired) electrons. The maximum Gasteiger partial charge on any atom is 0.264 e. The number of nitrogens with two attached hydrogens (primary N) is 1. The molecule has 36 heavy (non-hydrogen) atoms. The molecule has 0 amide bonds. The summed E-state index contributed by atoms with van der Waals surface area (Å²) in [5.41, 5.74) is 12.2. The fraction of sp³-hybridized carbons (Fsp3) is 0.333. The number of aromatic nitrogens is 5. The summed E-state index contributed by atoms with van der Waals surface area (Å²) in [5, 5.41) is 7.71. The molecule has 4 N–H and O–H groups in total. The van der Waals surface area contributed by atoms with Gasteiger partial charge in [-0.05, 0) is 54.4 Å². The average molecular weight is 484 g/mol. The molecule has 6 rings (SSSR count). The minimum atomic E-state index is -0.247. The van der Waals surface area contributed by atoms with E-state index in [9.17, 15) is 4.79 Å². The van der Waals surface area contributed by atoms with Crippen molar-refractivity contribution in [3.8, 4) is 5.88 Å². The van der Waals surface area contributed by atoms with Gasteiger partial charge in [-0.3, -0.25) is 14.9 Å². The van der Waals surface area contributed by atoms with Crippen LogP contribution in [0.1, 0.15) is 47.0 Å². The van der Waals surface area contributed by atoms with Crippen LogP contribution in [0.25, 0.3) is 16.6 Å². The topological polar surface area (TPSA) is 126 Å². The number of methoxy groups -OCH3 is 1. The Morgan fingerprint density at radius 3 is 2.75 bits per heavy atom. The summed E-state index contributed by atoms with van der Waals surface area (Å²) in [6, 6.07) is 12.2. The molecule has 184 valence electrons. The number of pyridine rings is 1. The second kappa shape index (κ2) is 8.30. The molecular weight excluding hydrogens is 454 g/mol. The van der Waals surface area contributed by atoms with Crippen LogP contribution in [0, 0.1) is 12.3 Å². The third-order valence-corrected chi connectivity index (χ3v) is 7.84. The Morgan fingerprint density at radius 2 is 2.00 bits per heavy atom. The maximum absolute atomic E-state index is 13.2. The standard InChI is InChI=1S/C27H29N7O2/c1-15-12-18(13-20(29-15)36-3)16(2)22-21-24(33-32-22)30-26(31-25(21)35)34-10-8-27(9-11-34)14-17-6-4-5-7-19(17)23(27)28/h4-7,12-13,23H,2,8-11,14,28H2,1,3H3,(H2,30,31,32,33,35)/t23-/m1/s1. The number of ether oxygens (including phenoxy) is 1. The zero-order chi connectivity index (χ0) is 25.0. The van der Waals surface area contributed by atoms with E-state index >= 15 is 0 Å². The van der Waals surface area contributed by atoms with Crippen molar-refractivity contribution in [1.82, 2.24) is 25.1 Å². The molecule has 4 aromatic rings. The van der Waals surface area contributed by atoms with Crippen molar-refractivity contribution in [1.29, 1.82) is 0 Å². The van der Waals surface area contributed by atoms with E-state index in [2.05, 4.69) is 55.9 Å². The summed E-state index contributed by atoms with van der Waals surface area (Å²) < 4.78 is 5.28. The lowest BCUT2D eigenvalue weighted by Gasteiger charge is -2.42. The molecule has 3 aromatic heterocycles. The minimum Gasteiger partial charge on any atom is -0.481 e. The van der Waals surface area contributed by atoms with E-state index in [0.717, 1.165) is 43.6 Å². The summed E-state index contributed by atoms with van der Waals surface area (Å²) in [7, 11) is 1.57. The predicted octanol–water partition coefficient (Wildman–Crippen LogP) is 3.26.